The summed E-state index contributed by atoms with van der Waals surface area (Å²) in [5, 5.41) is 11.8. The molecule has 1 saturated heterocycles. The minimum atomic E-state index is -0.968. The predicted octanol–water partition coefficient (Wildman–Crippen LogP) is 2.21. The Morgan fingerprint density at radius 1 is 1.29 bits per heavy atom. The second-order valence-corrected chi connectivity index (χ2v) is 6.85. The lowest BCUT2D eigenvalue weighted by Crippen LogP contribution is -2.39. The molecule has 3 rings (SSSR count). The molecular weight excluding hydrogens is 360 g/mol. The molecule has 148 valence electrons. The quantitative estimate of drug-likeness (QED) is 0.793. The first-order chi connectivity index (χ1) is 13.4. The third-order valence-electron chi connectivity index (χ3n) is 4.54. The number of carbonyl (C=O) groups excluding carboxylic acids is 1. The fourth-order valence-corrected chi connectivity index (χ4v) is 3.05. The van der Waals surface area contributed by atoms with Gasteiger partial charge in [0, 0.05) is 39.8 Å². The average molecular weight is 384 g/mol. The van der Waals surface area contributed by atoms with E-state index in [1.54, 1.807) is 23.2 Å². The largest absolute Gasteiger partial charge is 0.485 e. The van der Waals surface area contributed by atoms with Gasteiger partial charge in [0.2, 0.25) is 0 Å². The summed E-state index contributed by atoms with van der Waals surface area (Å²) in [5.74, 6) is 0.498. The molecule has 0 saturated carbocycles. The van der Waals surface area contributed by atoms with Crippen molar-refractivity contribution in [2.75, 3.05) is 32.1 Å². The molecule has 8 nitrogen and oxygen atoms in total. The highest BCUT2D eigenvalue weighted by atomic mass is 16.5. The Balaban J connectivity index is 1.51. The third kappa shape index (κ3) is 4.70. The average Bonchev–Trinajstić information content (AvgIpc) is 3.15. The molecule has 0 spiro atoms. The van der Waals surface area contributed by atoms with Gasteiger partial charge in [-0.3, -0.25) is 0 Å². The second kappa shape index (κ2) is 8.60. The van der Waals surface area contributed by atoms with E-state index in [0.717, 1.165) is 17.8 Å². The van der Waals surface area contributed by atoms with E-state index in [-0.39, 0.29) is 17.7 Å². The second-order valence-electron chi connectivity index (χ2n) is 6.85. The molecule has 2 aromatic rings. The zero-order valence-corrected chi connectivity index (χ0v) is 16.0. The molecule has 0 aliphatic carbocycles. The summed E-state index contributed by atoms with van der Waals surface area (Å²) < 4.78 is 6.07. The molecule has 8 heteroatoms. The van der Waals surface area contributed by atoms with Gasteiger partial charge in [0.05, 0.1) is 12.1 Å². The van der Waals surface area contributed by atoms with Crippen LogP contribution in [0.4, 0.5) is 10.6 Å². The van der Waals surface area contributed by atoms with Crippen LogP contribution < -0.4 is 15.0 Å². The van der Waals surface area contributed by atoms with Crippen molar-refractivity contribution in [3.8, 4) is 5.75 Å². The number of aromatic nitrogens is 1. The molecule has 2 amide bonds. The Hall–Kier alpha value is -3.29. The predicted molar refractivity (Wildman–Crippen MR) is 105 cm³/mol. The number of amides is 2. The number of anilines is 1. The normalized spacial score (nSPS) is 15.9. The van der Waals surface area contributed by atoms with Gasteiger partial charge in [-0.05, 0) is 29.8 Å². The van der Waals surface area contributed by atoms with Gasteiger partial charge in [0.15, 0.2) is 11.6 Å². The van der Waals surface area contributed by atoms with Crippen molar-refractivity contribution in [1.29, 1.82) is 0 Å². The molecule has 1 aliphatic heterocycles. The van der Waals surface area contributed by atoms with E-state index in [9.17, 15) is 9.59 Å². The molecule has 28 heavy (non-hydrogen) atoms. The Morgan fingerprint density at radius 2 is 2.04 bits per heavy atom. The summed E-state index contributed by atoms with van der Waals surface area (Å²) >= 11 is 0. The molecule has 2 heterocycles. The van der Waals surface area contributed by atoms with Crippen molar-refractivity contribution in [3.05, 3.63) is 53.7 Å². The van der Waals surface area contributed by atoms with Crippen LogP contribution in [0.3, 0.4) is 0 Å². The Morgan fingerprint density at radius 3 is 2.71 bits per heavy atom. The first kappa shape index (κ1) is 19.5. The lowest BCUT2D eigenvalue weighted by molar-refractivity contribution is 0.0697. The van der Waals surface area contributed by atoms with Gasteiger partial charge in [-0.1, -0.05) is 12.1 Å². The van der Waals surface area contributed by atoms with E-state index >= 15 is 0 Å². The van der Waals surface area contributed by atoms with E-state index in [1.807, 2.05) is 31.1 Å². The smallest absolute Gasteiger partial charge is 0.335 e. The first-order valence-corrected chi connectivity index (χ1v) is 9.08. The maximum absolute atomic E-state index is 12.4. The minimum Gasteiger partial charge on any atom is -0.485 e. The number of aromatic carboxylic acids is 1. The minimum absolute atomic E-state index is 0.0801. The Kier molecular flexibility index (Phi) is 5.98. The molecule has 1 atom stereocenters. The van der Waals surface area contributed by atoms with E-state index in [1.165, 1.54) is 12.1 Å². The van der Waals surface area contributed by atoms with Crippen LogP contribution in [0.2, 0.25) is 0 Å². The maximum atomic E-state index is 12.4. The lowest BCUT2D eigenvalue weighted by atomic mass is 10.1. The monoisotopic (exact) mass is 384 g/mol. The van der Waals surface area contributed by atoms with Crippen molar-refractivity contribution in [3.63, 3.8) is 0 Å². The number of hydrogen-bond donors (Lipinski definition) is 2. The van der Waals surface area contributed by atoms with Gasteiger partial charge in [0.1, 0.15) is 6.10 Å². The molecule has 1 fully saturated rings. The number of hydrogen-bond acceptors (Lipinski definition) is 5. The molecule has 0 bridgehead atoms. The third-order valence-corrected chi connectivity index (χ3v) is 4.54. The Bertz CT molecular complexity index is 838. The molecule has 0 radical (unpaired) electrons. The summed E-state index contributed by atoms with van der Waals surface area (Å²) in [6.07, 6.45) is 2.39. The summed E-state index contributed by atoms with van der Waals surface area (Å²) in [6.45, 7) is 1.46. The number of carboxylic acids is 1. The van der Waals surface area contributed by atoms with E-state index in [2.05, 4.69) is 10.3 Å². The fraction of sp³-hybridized carbons (Fsp3) is 0.350. The van der Waals surface area contributed by atoms with E-state index < -0.39 is 5.97 Å². The SMILES string of the molecule is CN(C)c1ncccc1OC1CCN(C(=O)NCc2ccc(C(=O)O)cc2)C1. The van der Waals surface area contributed by atoms with Crippen LogP contribution in [0.25, 0.3) is 0 Å². The molecule has 1 aliphatic rings. The maximum Gasteiger partial charge on any atom is 0.335 e. The first-order valence-electron chi connectivity index (χ1n) is 9.08. The van der Waals surface area contributed by atoms with Crippen molar-refractivity contribution in [1.82, 2.24) is 15.2 Å². The summed E-state index contributed by atoms with van der Waals surface area (Å²) in [5.41, 5.74) is 1.07. The van der Waals surface area contributed by atoms with Crippen LogP contribution in [0.5, 0.6) is 5.75 Å². The number of likely N-dealkylation sites (tertiary alicyclic amines) is 1. The van der Waals surface area contributed by atoms with Gasteiger partial charge in [0.25, 0.3) is 0 Å². The number of ether oxygens (including phenoxy) is 1. The number of nitrogens with one attached hydrogen (secondary N) is 1. The number of carboxylic acid groups (broad SMARTS) is 1. The van der Waals surface area contributed by atoms with Gasteiger partial charge < -0.3 is 25.0 Å². The number of carbonyl (C=O) groups is 2. The van der Waals surface area contributed by atoms with Crippen LogP contribution >= 0.6 is 0 Å². The van der Waals surface area contributed by atoms with Crippen molar-refractivity contribution in [2.24, 2.45) is 0 Å². The van der Waals surface area contributed by atoms with Crippen LogP contribution in [-0.2, 0) is 6.54 Å². The molecular formula is C20H24N4O4. The summed E-state index contributed by atoms with van der Waals surface area (Å²) in [6, 6.07) is 10.0. The fourth-order valence-electron chi connectivity index (χ4n) is 3.05. The van der Waals surface area contributed by atoms with Crippen LogP contribution in [0, 0.1) is 0 Å². The lowest BCUT2D eigenvalue weighted by Gasteiger charge is -2.20. The number of rotatable bonds is 6. The summed E-state index contributed by atoms with van der Waals surface area (Å²) in [7, 11) is 3.82. The highest BCUT2D eigenvalue weighted by molar-refractivity contribution is 5.87. The van der Waals surface area contributed by atoms with Gasteiger partial charge in [-0.25, -0.2) is 14.6 Å². The summed E-state index contributed by atoms with van der Waals surface area (Å²) in [4.78, 5) is 31.2. The molecule has 1 aromatic carbocycles. The highest BCUT2D eigenvalue weighted by Gasteiger charge is 2.28. The zero-order valence-electron chi connectivity index (χ0n) is 16.0. The Labute approximate surface area is 163 Å². The molecule has 2 N–H and O–H groups in total. The number of pyridine rings is 1. The standard InChI is InChI=1S/C20H24N4O4/c1-23(2)18-17(4-3-10-21-18)28-16-9-11-24(13-16)20(27)22-12-14-5-7-15(8-6-14)19(25)26/h3-8,10,16H,9,11-13H2,1-2H3,(H,22,27)(H,25,26). The van der Waals surface area contributed by atoms with Crippen LogP contribution in [0.1, 0.15) is 22.3 Å². The van der Waals surface area contributed by atoms with E-state index in [0.29, 0.717) is 25.4 Å². The number of nitrogens with zero attached hydrogens (tertiary/aromatic N) is 3. The molecule has 1 aromatic heterocycles. The van der Waals surface area contributed by atoms with Gasteiger partial charge in [-0.15, -0.1) is 0 Å². The molecule has 1 unspecified atom stereocenters. The number of urea groups is 1. The van der Waals surface area contributed by atoms with Crippen molar-refractivity contribution >= 4 is 17.8 Å². The van der Waals surface area contributed by atoms with Crippen LogP contribution in [-0.4, -0.2) is 60.3 Å². The van der Waals surface area contributed by atoms with Gasteiger partial charge in [-0.2, -0.15) is 0 Å². The van der Waals surface area contributed by atoms with Crippen molar-refractivity contribution < 1.29 is 19.4 Å². The topological polar surface area (TPSA) is 95.0 Å². The van der Waals surface area contributed by atoms with E-state index in [4.69, 9.17) is 9.84 Å². The van der Waals surface area contributed by atoms with Crippen molar-refractivity contribution in [2.45, 2.75) is 19.1 Å². The zero-order chi connectivity index (χ0) is 20.1. The van der Waals surface area contributed by atoms with Gasteiger partial charge >= 0.3 is 12.0 Å². The van der Waals surface area contributed by atoms with Crippen LogP contribution in [0.15, 0.2) is 42.6 Å². The number of benzene rings is 1. The highest BCUT2D eigenvalue weighted by Crippen LogP contribution is 2.26.